The SMILES string of the molecule is C=CCN1C(=O)/C(=C\c2ccc(-c3cccc(F)c3)o2)C(=O)NC1=S. The zero-order valence-electron chi connectivity index (χ0n) is 13.0. The van der Waals surface area contributed by atoms with E-state index < -0.39 is 11.8 Å². The van der Waals surface area contributed by atoms with Crippen LogP contribution in [-0.4, -0.2) is 28.4 Å². The van der Waals surface area contributed by atoms with Gasteiger partial charge in [-0.25, -0.2) is 4.39 Å². The Labute approximate surface area is 148 Å². The molecule has 0 saturated carbocycles. The van der Waals surface area contributed by atoms with Crippen LogP contribution in [0.25, 0.3) is 17.4 Å². The van der Waals surface area contributed by atoms with Gasteiger partial charge in [-0.15, -0.1) is 6.58 Å². The van der Waals surface area contributed by atoms with Crippen LogP contribution in [0, 0.1) is 5.82 Å². The van der Waals surface area contributed by atoms with E-state index in [4.69, 9.17) is 16.6 Å². The molecule has 3 rings (SSSR count). The molecule has 2 aromatic rings. The Kier molecular flexibility index (Phi) is 4.58. The first-order valence-electron chi connectivity index (χ1n) is 7.35. The van der Waals surface area contributed by atoms with Crippen molar-refractivity contribution in [2.24, 2.45) is 0 Å². The van der Waals surface area contributed by atoms with Gasteiger partial charge in [0.15, 0.2) is 5.11 Å². The van der Waals surface area contributed by atoms with Gasteiger partial charge in [0.25, 0.3) is 11.8 Å². The van der Waals surface area contributed by atoms with Crippen molar-refractivity contribution in [2.45, 2.75) is 0 Å². The second-order valence-electron chi connectivity index (χ2n) is 5.23. The largest absolute Gasteiger partial charge is 0.457 e. The number of benzene rings is 1. The first kappa shape index (κ1) is 16.8. The molecular formula is C18H13FN2O3S. The highest BCUT2D eigenvalue weighted by molar-refractivity contribution is 7.80. The van der Waals surface area contributed by atoms with Crippen LogP contribution < -0.4 is 5.32 Å². The van der Waals surface area contributed by atoms with E-state index in [0.29, 0.717) is 17.1 Å². The molecule has 0 unspecified atom stereocenters. The summed E-state index contributed by atoms with van der Waals surface area (Å²) in [5, 5.41) is 2.49. The fraction of sp³-hybridized carbons (Fsp3) is 0.0556. The van der Waals surface area contributed by atoms with Gasteiger partial charge < -0.3 is 4.42 Å². The van der Waals surface area contributed by atoms with E-state index in [2.05, 4.69) is 11.9 Å². The van der Waals surface area contributed by atoms with E-state index in [1.54, 1.807) is 24.3 Å². The molecule has 25 heavy (non-hydrogen) atoms. The molecule has 1 saturated heterocycles. The monoisotopic (exact) mass is 356 g/mol. The molecule has 1 aliphatic heterocycles. The number of rotatable bonds is 4. The molecular weight excluding hydrogens is 343 g/mol. The highest BCUT2D eigenvalue weighted by atomic mass is 32.1. The van der Waals surface area contributed by atoms with Gasteiger partial charge in [-0.3, -0.25) is 19.8 Å². The Balaban J connectivity index is 1.92. The van der Waals surface area contributed by atoms with Crippen LogP contribution >= 0.6 is 12.2 Å². The van der Waals surface area contributed by atoms with Gasteiger partial charge >= 0.3 is 0 Å². The third-order valence-electron chi connectivity index (χ3n) is 3.52. The maximum Gasteiger partial charge on any atom is 0.266 e. The molecule has 7 heteroatoms. The molecule has 1 fully saturated rings. The Hall–Kier alpha value is -3.06. The molecule has 126 valence electrons. The van der Waals surface area contributed by atoms with E-state index in [1.165, 1.54) is 29.2 Å². The number of nitrogens with one attached hydrogen (secondary N) is 1. The quantitative estimate of drug-likeness (QED) is 0.396. The van der Waals surface area contributed by atoms with Crippen LogP contribution in [0.4, 0.5) is 4.39 Å². The summed E-state index contributed by atoms with van der Waals surface area (Å²) in [5.41, 5.74) is 0.453. The van der Waals surface area contributed by atoms with Crippen LogP contribution in [0.3, 0.4) is 0 Å². The van der Waals surface area contributed by atoms with Gasteiger partial charge in [0.2, 0.25) is 0 Å². The molecule has 2 heterocycles. The summed E-state index contributed by atoms with van der Waals surface area (Å²) < 4.78 is 18.9. The van der Waals surface area contributed by atoms with Crippen LogP contribution in [-0.2, 0) is 9.59 Å². The first-order valence-corrected chi connectivity index (χ1v) is 7.76. The van der Waals surface area contributed by atoms with Gasteiger partial charge in [-0.1, -0.05) is 18.2 Å². The minimum atomic E-state index is -0.598. The van der Waals surface area contributed by atoms with Crippen LogP contribution in [0.1, 0.15) is 5.76 Å². The van der Waals surface area contributed by atoms with Crippen molar-refractivity contribution in [3.63, 3.8) is 0 Å². The Morgan fingerprint density at radius 2 is 2.08 bits per heavy atom. The highest BCUT2D eigenvalue weighted by Crippen LogP contribution is 2.24. The molecule has 0 spiro atoms. The zero-order chi connectivity index (χ0) is 18.0. The molecule has 0 radical (unpaired) electrons. The molecule has 0 bridgehead atoms. The fourth-order valence-corrected chi connectivity index (χ4v) is 2.61. The molecule has 0 aliphatic carbocycles. The van der Waals surface area contributed by atoms with E-state index in [9.17, 15) is 14.0 Å². The average Bonchev–Trinajstić information content (AvgIpc) is 3.04. The minimum absolute atomic E-state index is 0.0342. The van der Waals surface area contributed by atoms with Crippen molar-refractivity contribution in [2.75, 3.05) is 6.54 Å². The third-order valence-corrected chi connectivity index (χ3v) is 3.84. The van der Waals surface area contributed by atoms with E-state index in [-0.39, 0.29) is 23.0 Å². The molecule has 1 aromatic heterocycles. The molecule has 0 atom stereocenters. The summed E-state index contributed by atoms with van der Waals surface area (Å²) in [4.78, 5) is 25.7. The maximum absolute atomic E-state index is 13.3. The normalized spacial score (nSPS) is 16.3. The van der Waals surface area contributed by atoms with Crippen molar-refractivity contribution in [1.29, 1.82) is 0 Å². The number of thiocarbonyl (C=S) groups is 1. The molecule has 5 nitrogen and oxygen atoms in total. The number of nitrogens with zero attached hydrogens (tertiary/aromatic N) is 1. The van der Waals surface area contributed by atoms with E-state index >= 15 is 0 Å². The Bertz CT molecular complexity index is 917. The predicted molar refractivity (Wildman–Crippen MR) is 94.7 cm³/mol. The summed E-state index contributed by atoms with van der Waals surface area (Å²) in [6.07, 6.45) is 2.84. The second kappa shape index (κ2) is 6.82. The zero-order valence-corrected chi connectivity index (χ0v) is 13.8. The number of hydrogen-bond donors (Lipinski definition) is 1. The van der Waals surface area contributed by atoms with E-state index in [1.807, 2.05) is 0 Å². The van der Waals surface area contributed by atoms with Crippen molar-refractivity contribution >= 4 is 35.2 Å². The summed E-state index contributed by atoms with van der Waals surface area (Å²) in [6.45, 7) is 3.74. The van der Waals surface area contributed by atoms with Crippen molar-refractivity contribution < 1.29 is 18.4 Å². The average molecular weight is 356 g/mol. The van der Waals surface area contributed by atoms with Gasteiger partial charge in [0, 0.05) is 12.1 Å². The summed E-state index contributed by atoms with van der Waals surface area (Å²) in [5.74, 6) is -0.793. The first-order chi connectivity index (χ1) is 12.0. The Morgan fingerprint density at radius 3 is 2.80 bits per heavy atom. The fourth-order valence-electron chi connectivity index (χ4n) is 2.36. The minimum Gasteiger partial charge on any atom is -0.457 e. The lowest BCUT2D eigenvalue weighted by molar-refractivity contribution is -0.128. The Morgan fingerprint density at radius 1 is 1.28 bits per heavy atom. The van der Waals surface area contributed by atoms with Gasteiger partial charge in [0.1, 0.15) is 22.9 Å². The van der Waals surface area contributed by atoms with Crippen molar-refractivity contribution in [3.05, 3.63) is 66.2 Å². The van der Waals surface area contributed by atoms with Gasteiger partial charge in [-0.05, 0) is 42.6 Å². The van der Waals surface area contributed by atoms with Crippen molar-refractivity contribution in [1.82, 2.24) is 10.2 Å². The number of carbonyl (C=O) groups is 2. The summed E-state index contributed by atoms with van der Waals surface area (Å²) >= 11 is 4.98. The molecule has 1 N–H and O–H groups in total. The topological polar surface area (TPSA) is 62.6 Å². The number of furan rings is 1. The number of carbonyl (C=O) groups excluding carboxylic acids is 2. The maximum atomic E-state index is 13.3. The standard InChI is InChI=1S/C18H13FN2O3S/c1-2-8-21-17(23)14(16(22)20-18(21)25)10-13-6-7-15(24-13)11-4-3-5-12(19)9-11/h2-7,9-10H,1,8H2,(H,20,22,25)/b14-10-. The molecule has 1 aromatic carbocycles. The van der Waals surface area contributed by atoms with Gasteiger partial charge in [0.05, 0.1) is 0 Å². The lowest BCUT2D eigenvalue weighted by Crippen LogP contribution is -2.53. The lowest BCUT2D eigenvalue weighted by Gasteiger charge is -2.27. The highest BCUT2D eigenvalue weighted by Gasteiger charge is 2.32. The second-order valence-corrected chi connectivity index (χ2v) is 5.62. The predicted octanol–water partition coefficient (Wildman–Crippen LogP) is 2.90. The smallest absolute Gasteiger partial charge is 0.266 e. The van der Waals surface area contributed by atoms with E-state index in [0.717, 1.165) is 0 Å². The summed E-state index contributed by atoms with van der Waals surface area (Å²) in [6, 6.07) is 9.16. The van der Waals surface area contributed by atoms with Crippen LogP contribution in [0.15, 0.2) is 59.0 Å². The van der Waals surface area contributed by atoms with Crippen LogP contribution in [0.5, 0.6) is 0 Å². The third kappa shape index (κ3) is 3.41. The van der Waals surface area contributed by atoms with Crippen LogP contribution in [0.2, 0.25) is 0 Å². The van der Waals surface area contributed by atoms with Crippen molar-refractivity contribution in [3.8, 4) is 11.3 Å². The molecule has 2 amide bonds. The number of amides is 2. The number of hydrogen-bond acceptors (Lipinski definition) is 4. The number of halogens is 1. The molecule has 1 aliphatic rings. The lowest BCUT2D eigenvalue weighted by atomic mass is 10.1. The van der Waals surface area contributed by atoms with Gasteiger partial charge in [-0.2, -0.15) is 0 Å². The summed E-state index contributed by atoms with van der Waals surface area (Å²) in [7, 11) is 0.